The smallest absolute Gasteiger partial charge is 0.0195 e. The van der Waals surface area contributed by atoms with E-state index < -0.39 is 0 Å². The first-order chi connectivity index (χ1) is 6.16. The summed E-state index contributed by atoms with van der Waals surface area (Å²) < 4.78 is 0. The molecule has 0 aromatic rings. The van der Waals surface area contributed by atoms with Crippen LogP contribution in [-0.2, 0) is 0 Å². The molecular weight excluding hydrogens is 160 g/mol. The second-order valence-electron chi connectivity index (χ2n) is 5.48. The summed E-state index contributed by atoms with van der Waals surface area (Å²) in [6.07, 6.45) is 4.19. The van der Waals surface area contributed by atoms with Crippen molar-refractivity contribution in [3.63, 3.8) is 0 Å². The molecule has 2 aliphatic heterocycles. The van der Waals surface area contributed by atoms with E-state index in [0.29, 0.717) is 5.41 Å². The molecular formula is C11H22N2. The molecule has 2 fully saturated rings. The van der Waals surface area contributed by atoms with Gasteiger partial charge >= 0.3 is 0 Å². The highest BCUT2D eigenvalue weighted by Gasteiger charge is 2.34. The lowest BCUT2D eigenvalue weighted by atomic mass is 9.84. The topological polar surface area (TPSA) is 15.3 Å². The van der Waals surface area contributed by atoms with Crippen molar-refractivity contribution in [1.82, 2.24) is 10.2 Å². The van der Waals surface area contributed by atoms with Gasteiger partial charge in [0.05, 0.1) is 0 Å². The molecule has 0 spiro atoms. The molecule has 0 aliphatic carbocycles. The van der Waals surface area contributed by atoms with Crippen LogP contribution in [0.15, 0.2) is 0 Å². The molecule has 2 nitrogen and oxygen atoms in total. The van der Waals surface area contributed by atoms with Crippen molar-refractivity contribution in [2.24, 2.45) is 5.41 Å². The number of piperidine rings is 1. The Kier molecular flexibility index (Phi) is 2.61. The van der Waals surface area contributed by atoms with E-state index in [1.54, 1.807) is 0 Å². The largest absolute Gasteiger partial charge is 0.313 e. The summed E-state index contributed by atoms with van der Waals surface area (Å²) in [4.78, 5) is 2.59. The highest BCUT2D eigenvalue weighted by atomic mass is 15.2. The number of likely N-dealkylation sites (tertiary alicyclic amines) is 1. The molecule has 2 heterocycles. The Morgan fingerprint density at radius 3 is 2.62 bits per heavy atom. The fraction of sp³-hybridized carbons (Fsp3) is 1.00. The van der Waals surface area contributed by atoms with Crippen LogP contribution in [-0.4, -0.2) is 37.1 Å². The third-order valence-electron chi connectivity index (χ3n) is 3.19. The van der Waals surface area contributed by atoms with Gasteiger partial charge < -0.3 is 10.2 Å². The van der Waals surface area contributed by atoms with Gasteiger partial charge in [-0.05, 0) is 24.8 Å². The summed E-state index contributed by atoms with van der Waals surface area (Å²) in [5.41, 5.74) is 0.592. The van der Waals surface area contributed by atoms with Gasteiger partial charge in [-0.1, -0.05) is 20.3 Å². The van der Waals surface area contributed by atoms with Gasteiger partial charge in [-0.15, -0.1) is 0 Å². The van der Waals surface area contributed by atoms with E-state index >= 15 is 0 Å². The first-order valence-corrected chi connectivity index (χ1v) is 5.61. The SMILES string of the molecule is CC1(C)CN(CC2CCCCN2)C1. The summed E-state index contributed by atoms with van der Waals surface area (Å²) in [5, 5.41) is 3.60. The molecule has 2 heteroatoms. The lowest BCUT2D eigenvalue weighted by molar-refractivity contribution is 0.0210. The molecule has 13 heavy (non-hydrogen) atoms. The molecule has 0 amide bonds. The van der Waals surface area contributed by atoms with Gasteiger partial charge in [-0.2, -0.15) is 0 Å². The lowest BCUT2D eigenvalue weighted by Crippen LogP contribution is -2.57. The first kappa shape index (κ1) is 9.47. The minimum atomic E-state index is 0.592. The molecule has 0 aromatic carbocycles. The highest BCUT2D eigenvalue weighted by Crippen LogP contribution is 2.28. The zero-order chi connectivity index (χ0) is 9.31. The molecule has 0 radical (unpaired) electrons. The van der Waals surface area contributed by atoms with Crippen molar-refractivity contribution in [2.75, 3.05) is 26.2 Å². The van der Waals surface area contributed by atoms with Crippen molar-refractivity contribution in [3.05, 3.63) is 0 Å². The van der Waals surface area contributed by atoms with Crippen LogP contribution in [0.2, 0.25) is 0 Å². The molecule has 1 atom stereocenters. The Morgan fingerprint density at radius 2 is 2.08 bits per heavy atom. The van der Waals surface area contributed by atoms with E-state index in [1.807, 2.05) is 0 Å². The Bertz CT molecular complexity index is 163. The van der Waals surface area contributed by atoms with E-state index in [0.717, 1.165) is 6.04 Å². The Labute approximate surface area is 81.7 Å². The van der Waals surface area contributed by atoms with Gasteiger partial charge in [0.15, 0.2) is 0 Å². The zero-order valence-corrected chi connectivity index (χ0v) is 8.97. The Balaban J connectivity index is 1.68. The number of nitrogens with one attached hydrogen (secondary N) is 1. The van der Waals surface area contributed by atoms with Crippen LogP contribution >= 0.6 is 0 Å². The molecule has 2 rings (SSSR count). The van der Waals surface area contributed by atoms with Gasteiger partial charge in [0.1, 0.15) is 0 Å². The average Bonchev–Trinajstić information content (AvgIpc) is 2.03. The summed E-state index contributed by atoms with van der Waals surface area (Å²) in [6, 6.07) is 0.782. The van der Waals surface area contributed by atoms with Gasteiger partial charge in [-0.25, -0.2) is 0 Å². The van der Waals surface area contributed by atoms with Gasteiger partial charge in [0.2, 0.25) is 0 Å². The van der Waals surface area contributed by atoms with Crippen LogP contribution in [0.3, 0.4) is 0 Å². The predicted octanol–water partition coefficient (Wildman–Crippen LogP) is 1.47. The third kappa shape index (κ3) is 2.44. The fourth-order valence-corrected chi connectivity index (χ4v) is 2.68. The fourth-order valence-electron chi connectivity index (χ4n) is 2.68. The van der Waals surface area contributed by atoms with Crippen LogP contribution in [0.4, 0.5) is 0 Å². The predicted molar refractivity (Wildman–Crippen MR) is 55.9 cm³/mol. The number of hydrogen-bond donors (Lipinski definition) is 1. The Morgan fingerprint density at radius 1 is 1.31 bits per heavy atom. The third-order valence-corrected chi connectivity index (χ3v) is 3.19. The maximum atomic E-state index is 3.60. The highest BCUT2D eigenvalue weighted by molar-refractivity contribution is 4.90. The number of hydrogen-bond acceptors (Lipinski definition) is 2. The number of rotatable bonds is 2. The molecule has 2 saturated heterocycles. The maximum absolute atomic E-state index is 3.60. The van der Waals surface area contributed by atoms with Crippen molar-refractivity contribution in [1.29, 1.82) is 0 Å². The first-order valence-electron chi connectivity index (χ1n) is 5.61. The van der Waals surface area contributed by atoms with E-state index in [1.165, 1.54) is 45.4 Å². The van der Waals surface area contributed by atoms with Crippen molar-refractivity contribution < 1.29 is 0 Å². The second-order valence-corrected chi connectivity index (χ2v) is 5.48. The standard InChI is InChI=1S/C11H22N2/c1-11(2)8-13(9-11)7-10-5-3-4-6-12-10/h10,12H,3-9H2,1-2H3. The summed E-state index contributed by atoms with van der Waals surface area (Å²) in [7, 11) is 0. The summed E-state index contributed by atoms with van der Waals surface area (Å²) >= 11 is 0. The summed E-state index contributed by atoms with van der Waals surface area (Å²) in [6.45, 7) is 9.83. The van der Waals surface area contributed by atoms with Crippen LogP contribution in [0.5, 0.6) is 0 Å². The number of nitrogens with zero attached hydrogens (tertiary/aromatic N) is 1. The monoisotopic (exact) mass is 182 g/mol. The average molecular weight is 182 g/mol. The molecule has 0 bridgehead atoms. The molecule has 76 valence electrons. The maximum Gasteiger partial charge on any atom is 0.0195 e. The van der Waals surface area contributed by atoms with Crippen LogP contribution < -0.4 is 5.32 Å². The van der Waals surface area contributed by atoms with Crippen LogP contribution in [0, 0.1) is 5.41 Å². The van der Waals surface area contributed by atoms with Gasteiger partial charge in [-0.3, -0.25) is 0 Å². The molecule has 2 aliphatic rings. The minimum Gasteiger partial charge on any atom is -0.313 e. The van der Waals surface area contributed by atoms with E-state index in [4.69, 9.17) is 0 Å². The van der Waals surface area contributed by atoms with E-state index in [9.17, 15) is 0 Å². The van der Waals surface area contributed by atoms with Gasteiger partial charge in [0, 0.05) is 25.7 Å². The second kappa shape index (κ2) is 3.58. The van der Waals surface area contributed by atoms with Crippen molar-refractivity contribution in [3.8, 4) is 0 Å². The Hall–Kier alpha value is -0.0800. The lowest BCUT2D eigenvalue weighted by Gasteiger charge is -2.47. The van der Waals surface area contributed by atoms with Crippen LogP contribution in [0.25, 0.3) is 0 Å². The van der Waals surface area contributed by atoms with Gasteiger partial charge in [0.25, 0.3) is 0 Å². The molecule has 1 N–H and O–H groups in total. The molecule has 1 unspecified atom stereocenters. The quantitative estimate of drug-likeness (QED) is 0.695. The molecule has 0 aromatic heterocycles. The van der Waals surface area contributed by atoms with E-state index in [2.05, 4.69) is 24.1 Å². The van der Waals surface area contributed by atoms with E-state index in [-0.39, 0.29) is 0 Å². The minimum absolute atomic E-state index is 0.592. The molecule has 0 saturated carbocycles. The van der Waals surface area contributed by atoms with Crippen molar-refractivity contribution in [2.45, 2.75) is 39.2 Å². The summed E-state index contributed by atoms with van der Waals surface area (Å²) in [5.74, 6) is 0. The van der Waals surface area contributed by atoms with Crippen LogP contribution in [0.1, 0.15) is 33.1 Å². The zero-order valence-electron chi connectivity index (χ0n) is 8.97. The van der Waals surface area contributed by atoms with Crippen molar-refractivity contribution >= 4 is 0 Å². The normalized spacial score (nSPS) is 34.2.